The number of rotatable bonds is 6. The average Bonchev–Trinajstić information content (AvgIpc) is 2.52. The Hall–Kier alpha value is -2.42. The molecule has 4 amide bonds. The van der Waals surface area contributed by atoms with Gasteiger partial charge in [-0.05, 0) is 45.0 Å². The minimum atomic E-state index is -1.17. The van der Waals surface area contributed by atoms with Crippen LogP contribution in [0.5, 0.6) is 0 Å². The van der Waals surface area contributed by atoms with Gasteiger partial charge in [-0.25, -0.2) is 4.79 Å². The number of esters is 1. The fourth-order valence-electron chi connectivity index (χ4n) is 1.66. The van der Waals surface area contributed by atoms with Crippen molar-refractivity contribution in [2.45, 2.75) is 32.9 Å². The van der Waals surface area contributed by atoms with Crippen LogP contribution in [-0.4, -0.2) is 42.5 Å². The molecule has 136 valence electrons. The molecule has 0 radical (unpaired) electrons. The summed E-state index contributed by atoms with van der Waals surface area (Å²) < 4.78 is 5.69. The molecule has 1 aromatic rings. The minimum absolute atomic E-state index is 0.139. The molecule has 0 fully saturated rings. The SMILES string of the molecule is CC(C)NC(=O)NC(=O)[C@@H](C)OC(=O)CNC(=O)c1ccc(Br)cc1. The number of halogens is 1. The molecule has 8 nitrogen and oxygen atoms in total. The van der Waals surface area contributed by atoms with Crippen molar-refractivity contribution in [2.75, 3.05) is 6.54 Å². The number of carbonyl (C=O) groups is 4. The summed E-state index contributed by atoms with van der Waals surface area (Å²) in [7, 11) is 0. The number of ether oxygens (including phenoxy) is 1. The van der Waals surface area contributed by atoms with Crippen molar-refractivity contribution in [3.05, 3.63) is 34.3 Å². The largest absolute Gasteiger partial charge is 0.451 e. The van der Waals surface area contributed by atoms with Crippen molar-refractivity contribution < 1.29 is 23.9 Å². The van der Waals surface area contributed by atoms with Gasteiger partial charge in [0.05, 0.1) is 0 Å². The maximum Gasteiger partial charge on any atom is 0.326 e. The van der Waals surface area contributed by atoms with Gasteiger partial charge in [-0.2, -0.15) is 0 Å². The van der Waals surface area contributed by atoms with E-state index < -0.39 is 36.5 Å². The summed E-state index contributed by atoms with van der Waals surface area (Å²) in [5.41, 5.74) is 0.382. The second-order valence-corrected chi connectivity index (χ2v) is 6.35. The quantitative estimate of drug-likeness (QED) is 0.608. The van der Waals surface area contributed by atoms with Gasteiger partial charge in [-0.3, -0.25) is 19.7 Å². The lowest BCUT2D eigenvalue weighted by molar-refractivity contribution is -0.153. The van der Waals surface area contributed by atoms with Crippen molar-refractivity contribution >= 4 is 39.7 Å². The highest BCUT2D eigenvalue weighted by atomic mass is 79.9. The van der Waals surface area contributed by atoms with Crippen LogP contribution < -0.4 is 16.0 Å². The molecule has 3 N–H and O–H groups in total. The van der Waals surface area contributed by atoms with Gasteiger partial charge in [0.1, 0.15) is 6.54 Å². The Labute approximate surface area is 153 Å². The highest BCUT2D eigenvalue weighted by Crippen LogP contribution is 2.10. The Balaban J connectivity index is 2.40. The molecule has 0 saturated heterocycles. The zero-order chi connectivity index (χ0) is 19.0. The number of carbonyl (C=O) groups excluding carboxylic acids is 4. The minimum Gasteiger partial charge on any atom is -0.451 e. The van der Waals surface area contributed by atoms with E-state index >= 15 is 0 Å². The lowest BCUT2D eigenvalue weighted by Gasteiger charge is -2.14. The highest BCUT2D eigenvalue weighted by molar-refractivity contribution is 9.10. The molecule has 1 atom stereocenters. The molecule has 0 heterocycles. The average molecular weight is 414 g/mol. The van der Waals surface area contributed by atoms with Gasteiger partial charge < -0.3 is 15.4 Å². The van der Waals surface area contributed by atoms with E-state index in [9.17, 15) is 19.2 Å². The van der Waals surface area contributed by atoms with Gasteiger partial charge in [0.15, 0.2) is 6.10 Å². The first-order valence-electron chi connectivity index (χ1n) is 7.53. The van der Waals surface area contributed by atoms with E-state index in [0.717, 1.165) is 4.47 Å². The normalized spacial score (nSPS) is 11.4. The smallest absolute Gasteiger partial charge is 0.326 e. The third kappa shape index (κ3) is 7.79. The third-order valence-corrected chi connectivity index (χ3v) is 3.36. The molecular formula is C16H20BrN3O5. The molecule has 25 heavy (non-hydrogen) atoms. The topological polar surface area (TPSA) is 114 Å². The van der Waals surface area contributed by atoms with Crippen molar-refractivity contribution in [1.29, 1.82) is 0 Å². The first-order valence-corrected chi connectivity index (χ1v) is 8.33. The Bertz CT molecular complexity index is 646. The van der Waals surface area contributed by atoms with Gasteiger partial charge in [-0.15, -0.1) is 0 Å². The number of benzene rings is 1. The van der Waals surface area contributed by atoms with E-state index in [-0.39, 0.29) is 6.04 Å². The molecule has 0 saturated carbocycles. The number of amides is 4. The molecule has 0 spiro atoms. The molecule has 9 heteroatoms. The third-order valence-electron chi connectivity index (χ3n) is 2.83. The number of nitrogens with one attached hydrogen (secondary N) is 3. The zero-order valence-corrected chi connectivity index (χ0v) is 15.7. The van der Waals surface area contributed by atoms with E-state index in [1.54, 1.807) is 38.1 Å². The molecule has 0 unspecified atom stereocenters. The Morgan fingerprint density at radius 2 is 1.68 bits per heavy atom. The van der Waals surface area contributed by atoms with Gasteiger partial charge in [-0.1, -0.05) is 15.9 Å². The van der Waals surface area contributed by atoms with Crippen LogP contribution in [0.2, 0.25) is 0 Å². The Kier molecular flexibility index (Phi) is 8.06. The summed E-state index contributed by atoms with van der Waals surface area (Å²) in [6, 6.07) is 5.76. The van der Waals surface area contributed by atoms with E-state index in [1.165, 1.54) is 6.92 Å². The van der Waals surface area contributed by atoms with E-state index in [4.69, 9.17) is 4.74 Å². The predicted molar refractivity (Wildman–Crippen MR) is 93.8 cm³/mol. The first-order chi connectivity index (χ1) is 11.7. The second kappa shape index (κ2) is 9.77. The maximum absolute atomic E-state index is 11.9. The molecule has 0 aromatic heterocycles. The summed E-state index contributed by atoms with van der Waals surface area (Å²) in [5, 5.41) is 6.92. The van der Waals surface area contributed by atoms with E-state index in [1.807, 2.05) is 0 Å². The van der Waals surface area contributed by atoms with Crippen molar-refractivity contribution in [3.8, 4) is 0 Å². The van der Waals surface area contributed by atoms with E-state index in [2.05, 4.69) is 31.9 Å². The van der Waals surface area contributed by atoms with Crippen LogP contribution in [-0.2, 0) is 14.3 Å². The molecule has 0 aliphatic carbocycles. The Morgan fingerprint density at radius 1 is 1.08 bits per heavy atom. The lowest BCUT2D eigenvalue weighted by Crippen LogP contribution is -2.47. The standard InChI is InChI=1S/C16H20BrN3O5/c1-9(2)19-16(24)20-14(22)10(3)25-13(21)8-18-15(23)11-4-6-12(17)7-5-11/h4-7,9-10H,8H2,1-3H3,(H,18,23)(H2,19,20,22,24)/t10-/m1/s1. The number of hydrogen-bond donors (Lipinski definition) is 3. The summed E-state index contributed by atoms with van der Waals surface area (Å²) in [6.45, 7) is 4.40. The number of imide groups is 1. The maximum atomic E-state index is 11.9. The van der Waals surface area contributed by atoms with Crippen molar-refractivity contribution in [1.82, 2.24) is 16.0 Å². The van der Waals surface area contributed by atoms with Crippen LogP contribution in [0.4, 0.5) is 4.79 Å². The zero-order valence-electron chi connectivity index (χ0n) is 14.1. The molecule has 1 rings (SSSR count). The van der Waals surface area contributed by atoms with Gasteiger partial charge in [0.25, 0.3) is 11.8 Å². The van der Waals surface area contributed by atoms with Crippen LogP contribution in [0, 0.1) is 0 Å². The highest BCUT2D eigenvalue weighted by Gasteiger charge is 2.20. The van der Waals surface area contributed by atoms with Crippen molar-refractivity contribution in [2.24, 2.45) is 0 Å². The molecule has 1 aromatic carbocycles. The monoisotopic (exact) mass is 413 g/mol. The van der Waals surface area contributed by atoms with Crippen LogP contribution >= 0.6 is 15.9 Å². The van der Waals surface area contributed by atoms with Gasteiger partial charge in [0.2, 0.25) is 0 Å². The summed E-state index contributed by atoms with van der Waals surface area (Å²) in [5.74, 6) is -2.00. The van der Waals surface area contributed by atoms with Crippen LogP contribution in [0.25, 0.3) is 0 Å². The van der Waals surface area contributed by atoms with Crippen LogP contribution in [0.1, 0.15) is 31.1 Å². The van der Waals surface area contributed by atoms with Crippen LogP contribution in [0.3, 0.4) is 0 Å². The first kappa shape index (κ1) is 20.6. The Morgan fingerprint density at radius 3 is 2.24 bits per heavy atom. The lowest BCUT2D eigenvalue weighted by atomic mass is 10.2. The molecular weight excluding hydrogens is 394 g/mol. The van der Waals surface area contributed by atoms with Gasteiger partial charge >= 0.3 is 12.0 Å². The van der Waals surface area contributed by atoms with E-state index in [0.29, 0.717) is 5.56 Å². The number of hydrogen-bond acceptors (Lipinski definition) is 5. The summed E-state index contributed by atoms with van der Waals surface area (Å²) >= 11 is 3.26. The number of urea groups is 1. The van der Waals surface area contributed by atoms with Gasteiger partial charge in [0, 0.05) is 16.1 Å². The second-order valence-electron chi connectivity index (χ2n) is 5.44. The molecule has 0 aliphatic heterocycles. The van der Waals surface area contributed by atoms with Crippen molar-refractivity contribution in [3.63, 3.8) is 0 Å². The van der Waals surface area contributed by atoms with Crippen LogP contribution in [0.15, 0.2) is 28.7 Å². The summed E-state index contributed by atoms with van der Waals surface area (Å²) in [4.78, 5) is 46.7. The fourth-order valence-corrected chi connectivity index (χ4v) is 1.92. The molecule has 0 aliphatic rings. The summed E-state index contributed by atoms with van der Waals surface area (Å²) in [6.07, 6.45) is -1.17. The fraction of sp³-hybridized carbons (Fsp3) is 0.375. The predicted octanol–water partition coefficient (Wildman–Crippen LogP) is 1.34. The molecule has 0 bridgehead atoms.